The zero-order valence-corrected chi connectivity index (χ0v) is 14.3. The summed E-state index contributed by atoms with van der Waals surface area (Å²) in [5.41, 5.74) is 11.6. The van der Waals surface area contributed by atoms with Crippen molar-refractivity contribution in [2.24, 2.45) is 5.73 Å². The van der Waals surface area contributed by atoms with Crippen LogP contribution in [0.3, 0.4) is 0 Å². The summed E-state index contributed by atoms with van der Waals surface area (Å²) in [6.45, 7) is 6.91. The minimum absolute atomic E-state index is 0.630. The number of fused-ring (bicyclic) bond motifs is 1. The van der Waals surface area contributed by atoms with Gasteiger partial charge in [0.2, 0.25) is 0 Å². The molecule has 0 aliphatic carbocycles. The average molecular weight is 315 g/mol. The molecule has 0 amide bonds. The van der Waals surface area contributed by atoms with Gasteiger partial charge in [0.05, 0.1) is 18.5 Å². The average Bonchev–Trinajstić information content (AvgIpc) is 2.94. The molecular weight excluding hydrogens is 294 g/mol. The van der Waals surface area contributed by atoms with Crippen LogP contribution < -0.4 is 10.5 Å². The van der Waals surface area contributed by atoms with Crippen LogP contribution in [0.1, 0.15) is 21.8 Å². The van der Waals surface area contributed by atoms with Crippen molar-refractivity contribution in [3.05, 3.63) is 40.0 Å². The van der Waals surface area contributed by atoms with Crippen LogP contribution in [-0.4, -0.2) is 23.0 Å². The number of ether oxygens (including phenoxy) is 1. The summed E-state index contributed by atoms with van der Waals surface area (Å²) < 4.78 is 7.64. The van der Waals surface area contributed by atoms with E-state index in [0.29, 0.717) is 6.54 Å². The molecule has 0 spiro atoms. The maximum absolute atomic E-state index is 5.78. The van der Waals surface area contributed by atoms with E-state index in [1.54, 1.807) is 18.4 Å². The lowest BCUT2D eigenvalue weighted by atomic mass is 10.1. The van der Waals surface area contributed by atoms with Crippen molar-refractivity contribution in [2.75, 3.05) is 13.7 Å². The Balaban J connectivity index is 2.25. The molecule has 2 N–H and O–H groups in total. The van der Waals surface area contributed by atoms with Crippen molar-refractivity contribution >= 4 is 16.3 Å². The summed E-state index contributed by atoms with van der Waals surface area (Å²) in [4.78, 5) is 7.01. The Morgan fingerprint density at radius 1 is 1.27 bits per heavy atom. The molecule has 0 unspecified atom stereocenters. The van der Waals surface area contributed by atoms with Crippen molar-refractivity contribution in [2.45, 2.75) is 27.2 Å². The number of hydrogen-bond acceptors (Lipinski definition) is 4. The molecule has 1 aromatic carbocycles. The van der Waals surface area contributed by atoms with Gasteiger partial charge in [0.25, 0.3) is 0 Å². The van der Waals surface area contributed by atoms with Gasteiger partial charge in [-0.2, -0.15) is 0 Å². The zero-order chi connectivity index (χ0) is 15.9. The van der Waals surface area contributed by atoms with E-state index in [4.69, 9.17) is 15.5 Å². The summed E-state index contributed by atoms with van der Waals surface area (Å²) in [5, 5.41) is 0. The SMILES string of the molecule is COc1ccc(-c2c(C)sc3nc(C)c(CCN)n23)cc1C. The number of rotatable bonds is 4. The fourth-order valence-corrected chi connectivity index (χ4v) is 4.02. The molecule has 0 saturated carbocycles. The molecule has 22 heavy (non-hydrogen) atoms. The molecule has 4 nitrogen and oxygen atoms in total. The van der Waals surface area contributed by atoms with Gasteiger partial charge >= 0.3 is 0 Å². The number of nitrogens with two attached hydrogens (primary N) is 1. The minimum Gasteiger partial charge on any atom is -0.496 e. The molecule has 3 rings (SSSR count). The monoisotopic (exact) mass is 315 g/mol. The summed E-state index contributed by atoms with van der Waals surface area (Å²) in [7, 11) is 1.70. The number of thiazole rings is 1. The van der Waals surface area contributed by atoms with Gasteiger partial charge in [-0.1, -0.05) is 0 Å². The van der Waals surface area contributed by atoms with Crippen molar-refractivity contribution < 1.29 is 4.74 Å². The van der Waals surface area contributed by atoms with Crippen LogP contribution in [0.5, 0.6) is 5.75 Å². The predicted molar refractivity (Wildman–Crippen MR) is 92.0 cm³/mol. The minimum atomic E-state index is 0.630. The van der Waals surface area contributed by atoms with Gasteiger partial charge in [-0.3, -0.25) is 4.40 Å². The highest BCUT2D eigenvalue weighted by molar-refractivity contribution is 7.17. The maximum atomic E-state index is 5.78. The largest absolute Gasteiger partial charge is 0.496 e. The van der Waals surface area contributed by atoms with E-state index in [1.165, 1.54) is 21.8 Å². The van der Waals surface area contributed by atoms with Gasteiger partial charge in [-0.15, -0.1) is 11.3 Å². The number of benzene rings is 1. The van der Waals surface area contributed by atoms with Gasteiger partial charge < -0.3 is 10.5 Å². The number of aromatic nitrogens is 2. The highest BCUT2D eigenvalue weighted by Gasteiger charge is 2.18. The molecule has 116 valence electrons. The second kappa shape index (κ2) is 5.74. The first-order valence-corrected chi connectivity index (χ1v) is 8.20. The van der Waals surface area contributed by atoms with E-state index in [9.17, 15) is 0 Å². The number of methoxy groups -OCH3 is 1. The van der Waals surface area contributed by atoms with E-state index < -0.39 is 0 Å². The molecule has 0 bridgehead atoms. The summed E-state index contributed by atoms with van der Waals surface area (Å²) in [6.07, 6.45) is 0.839. The molecule has 3 aromatic rings. The highest BCUT2D eigenvalue weighted by Crippen LogP contribution is 2.35. The van der Waals surface area contributed by atoms with Gasteiger partial charge in [0, 0.05) is 22.6 Å². The summed E-state index contributed by atoms with van der Waals surface area (Å²) >= 11 is 1.73. The number of imidazole rings is 1. The second-order valence-electron chi connectivity index (χ2n) is 5.49. The lowest BCUT2D eigenvalue weighted by Gasteiger charge is -2.10. The van der Waals surface area contributed by atoms with Crippen molar-refractivity contribution in [1.29, 1.82) is 0 Å². The fraction of sp³-hybridized carbons (Fsp3) is 0.353. The van der Waals surface area contributed by atoms with Crippen LogP contribution in [0.25, 0.3) is 16.2 Å². The third kappa shape index (κ3) is 2.30. The third-order valence-electron chi connectivity index (χ3n) is 3.99. The Hall–Kier alpha value is -1.85. The van der Waals surface area contributed by atoms with Crippen LogP contribution in [0.2, 0.25) is 0 Å². The Bertz CT molecular complexity index is 832. The Kier molecular flexibility index (Phi) is 3.93. The molecule has 2 aromatic heterocycles. The van der Waals surface area contributed by atoms with Gasteiger partial charge in [-0.25, -0.2) is 4.98 Å². The Morgan fingerprint density at radius 2 is 2.05 bits per heavy atom. The molecule has 5 heteroatoms. The summed E-state index contributed by atoms with van der Waals surface area (Å²) in [5.74, 6) is 0.914. The molecule has 0 radical (unpaired) electrons. The van der Waals surface area contributed by atoms with E-state index >= 15 is 0 Å². The van der Waals surface area contributed by atoms with Crippen LogP contribution in [-0.2, 0) is 6.42 Å². The maximum Gasteiger partial charge on any atom is 0.194 e. The topological polar surface area (TPSA) is 52.5 Å². The summed E-state index contributed by atoms with van der Waals surface area (Å²) in [6, 6.07) is 6.32. The lowest BCUT2D eigenvalue weighted by molar-refractivity contribution is 0.412. The van der Waals surface area contributed by atoms with Crippen LogP contribution >= 0.6 is 11.3 Å². The van der Waals surface area contributed by atoms with Crippen LogP contribution in [0.15, 0.2) is 18.2 Å². The smallest absolute Gasteiger partial charge is 0.194 e. The molecule has 2 heterocycles. The molecular formula is C17H21N3OS. The number of nitrogens with zero attached hydrogens (tertiary/aromatic N) is 2. The molecule has 0 atom stereocenters. The standard InChI is InChI=1S/C17H21N3OS/c1-10-9-13(5-6-15(10)21-4)16-12(3)22-17-19-11(2)14(7-8-18)20(16)17/h5-6,9H,7-8,18H2,1-4H3. The Morgan fingerprint density at radius 3 is 2.68 bits per heavy atom. The van der Waals surface area contributed by atoms with Crippen molar-refractivity contribution in [3.8, 4) is 17.0 Å². The van der Waals surface area contributed by atoms with E-state index in [2.05, 4.69) is 37.3 Å². The zero-order valence-electron chi connectivity index (χ0n) is 13.4. The highest BCUT2D eigenvalue weighted by atomic mass is 32.1. The normalized spacial score (nSPS) is 11.3. The van der Waals surface area contributed by atoms with Gasteiger partial charge in [-0.05, 0) is 51.1 Å². The lowest BCUT2D eigenvalue weighted by Crippen LogP contribution is -2.07. The van der Waals surface area contributed by atoms with Crippen LogP contribution in [0.4, 0.5) is 0 Å². The Labute approximate surface area is 134 Å². The predicted octanol–water partition coefficient (Wildman–Crippen LogP) is 3.50. The first-order chi connectivity index (χ1) is 10.6. The molecule has 0 fully saturated rings. The van der Waals surface area contributed by atoms with Gasteiger partial charge in [0.15, 0.2) is 4.96 Å². The number of hydrogen-bond donors (Lipinski definition) is 1. The first kappa shape index (κ1) is 15.1. The van der Waals surface area contributed by atoms with Crippen molar-refractivity contribution in [3.63, 3.8) is 0 Å². The third-order valence-corrected chi connectivity index (χ3v) is 4.95. The second-order valence-corrected chi connectivity index (χ2v) is 6.67. The van der Waals surface area contributed by atoms with Crippen LogP contribution in [0, 0.1) is 20.8 Å². The van der Waals surface area contributed by atoms with E-state index in [1.807, 2.05) is 6.07 Å². The first-order valence-electron chi connectivity index (χ1n) is 7.39. The van der Waals surface area contributed by atoms with Crippen molar-refractivity contribution in [1.82, 2.24) is 9.38 Å². The quantitative estimate of drug-likeness (QED) is 0.801. The van der Waals surface area contributed by atoms with E-state index in [-0.39, 0.29) is 0 Å². The number of aryl methyl sites for hydroxylation is 3. The molecule has 0 saturated heterocycles. The van der Waals surface area contributed by atoms with E-state index in [0.717, 1.165) is 28.4 Å². The van der Waals surface area contributed by atoms with Gasteiger partial charge in [0.1, 0.15) is 5.75 Å². The molecule has 0 aliphatic rings. The fourth-order valence-electron chi connectivity index (χ4n) is 2.96. The molecule has 0 aliphatic heterocycles.